The number of hydrogen-bond acceptors (Lipinski definition) is 5. The van der Waals surface area contributed by atoms with Gasteiger partial charge in [-0.2, -0.15) is 9.64 Å². The van der Waals surface area contributed by atoms with Gasteiger partial charge in [0.1, 0.15) is 5.00 Å². The maximum absolute atomic E-state index is 9.16. The second kappa shape index (κ2) is 5.78. The monoisotopic (exact) mass is 286 g/mol. The predicted molar refractivity (Wildman–Crippen MR) is 83.1 cm³/mol. The second-order valence-corrected chi connectivity index (χ2v) is 5.83. The Morgan fingerprint density at radius 1 is 1.30 bits per heavy atom. The van der Waals surface area contributed by atoms with E-state index in [0.29, 0.717) is 0 Å². The molecule has 0 amide bonds. The largest absolute Gasteiger partial charge is 0.359 e. The van der Waals surface area contributed by atoms with Crippen LogP contribution in [-0.4, -0.2) is 41.5 Å². The number of aromatic nitrogens is 1. The van der Waals surface area contributed by atoms with Crippen molar-refractivity contribution < 1.29 is 0 Å². The van der Waals surface area contributed by atoms with Gasteiger partial charge in [0.05, 0.1) is 17.6 Å². The maximum atomic E-state index is 9.16. The summed E-state index contributed by atoms with van der Waals surface area (Å²) in [6.45, 7) is 5.95. The highest BCUT2D eigenvalue weighted by molar-refractivity contribution is 7.11. The lowest BCUT2D eigenvalue weighted by atomic mass is 10.2. The van der Waals surface area contributed by atoms with E-state index in [4.69, 9.17) is 5.26 Å². The van der Waals surface area contributed by atoms with Crippen molar-refractivity contribution in [2.75, 3.05) is 31.1 Å². The Labute approximate surface area is 123 Å². The third kappa shape index (κ3) is 2.37. The molecule has 20 heavy (non-hydrogen) atoms. The molecule has 5 heteroatoms. The van der Waals surface area contributed by atoms with Gasteiger partial charge in [-0.1, -0.05) is 19.1 Å². The van der Waals surface area contributed by atoms with Crippen molar-refractivity contribution in [3.63, 3.8) is 0 Å². The molecule has 3 rings (SSSR count). The number of rotatable bonds is 3. The van der Waals surface area contributed by atoms with Crippen molar-refractivity contribution in [2.24, 2.45) is 0 Å². The van der Waals surface area contributed by atoms with Crippen LogP contribution in [-0.2, 0) is 0 Å². The summed E-state index contributed by atoms with van der Waals surface area (Å²) in [6, 6.07) is 10.8. The molecule has 1 aliphatic heterocycles. The standard InChI is InChI=1S/C15H18N4S/c1-2-12(11-16)18-7-9-19(10-8-18)15-13-5-3-4-6-14(13)17-20-15/h3-6,12H,2,7-10H2,1H3. The first-order chi connectivity index (χ1) is 9.83. The van der Waals surface area contributed by atoms with Crippen LogP contribution in [0.1, 0.15) is 13.3 Å². The molecule has 1 fully saturated rings. The molecule has 1 atom stereocenters. The van der Waals surface area contributed by atoms with Gasteiger partial charge < -0.3 is 4.90 Å². The van der Waals surface area contributed by atoms with Gasteiger partial charge in [-0.05, 0) is 30.1 Å². The molecule has 1 aromatic carbocycles. The third-order valence-corrected chi connectivity index (χ3v) is 4.88. The zero-order chi connectivity index (χ0) is 13.9. The van der Waals surface area contributed by atoms with E-state index in [1.54, 1.807) is 11.5 Å². The molecular weight excluding hydrogens is 268 g/mol. The number of piperazine rings is 1. The lowest BCUT2D eigenvalue weighted by molar-refractivity contribution is 0.217. The molecular formula is C15H18N4S. The highest BCUT2D eigenvalue weighted by atomic mass is 32.1. The van der Waals surface area contributed by atoms with Crippen LogP contribution in [0, 0.1) is 11.3 Å². The smallest absolute Gasteiger partial charge is 0.120 e. The zero-order valence-electron chi connectivity index (χ0n) is 11.6. The molecule has 0 saturated carbocycles. The fraction of sp³-hybridized carbons (Fsp3) is 0.467. The van der Waals surface area contributed by atoms with E-state index in [-0.39, 0.29) is 6.04 Å². The molecule has 104 valence electrons. The minimum absolute atomic E-state index is 0.0651. The Hall–Kier alpha value is -1.64. The summed E-state index contributed by atoms with van der Waals surface area (Å²) in [5, 5.41) is 11.7. The number of fused-ring (bicyclic) bond motifs is 1. The summed E-state index contributed by atoms with van der Waals surface area (Å²) in [5.41, 5.74) is 1.08. The van der Waals surface area contributed by atoms with E-state index in [2.05, 4.69) is 45.4 Å². The zero-order valence-corrected chi connectivity index (χ0v) is 12.4. The summed E-state index contributed by atoms with van der Waals surface area (Å²) in [7, 11) is 0. The van der Waals surface area contributed by atoms with Gasteiger partial charge in [-0.3, -0.25) is 4.90 Å². The number of nitriles is 1. The molecule has 2 aromatic rings. The van der Waals surface area contributed by atoms with E-state index >= 15 is 0 Å². The molecule has 0 aliphatic carbocycles. The molecule has 2 heterocycles. The lowest BCUT2D eigenvalue weighted by Crippen LogP contribution is -2.49. The molecule has 0 bridgehead atoms. The van der Waals surface area contributed by atoms with E-state index < -0.39 is 0 Å². The molecule has 1 saturated heterocycles. The van der Waals surface area contributed by atoms with E-state index in [1.807, 2.05) is 6.07 Å². The fourth-order valence-corrected chi connectivity index (χ4v) is 3.68. The number of hydrogen-bond donors (Lipinski definition) is 0. The first-order valence-electron chi connectivity index (χ1n) is 7.06. The van der Waals surface area contributed by atoms with Crippen molar-refractivity contribution in [3.05, 3.63) is 24.3 Å². The van der Waals surface area contributed by atoms with Gasteiger partial charge in [0.25, 0.3) is 0 Å². The van der Waals surface area contributed by atoms with Gasteiger partial charge in [-0.15, -0.1) is 0 Å². The minimum atomic E-state index is 0.0651. The average Bonchev–Trinajstić information content (AvgIpc) is 2.93. The first-order valence-corrected chi connectivity index (χ1v) is 7.84. The van der Waals surface area contributed by atoms with Crippen molar-refractivity contribution in [3.8, 4) is 6.07 Å². The number of anilines is 1. The second-order valence-electron chi connectivity index (χ2n) is 5.08. The molecule has 1 unspecified atom stereocenters. The molecule has 0 spiro atoms. The first kappa shape index (κ1) is 13.3. The number of benzene rings is 1. The summed E-state index contributed by atoms with van der Waals surface area (Å²) >= 11 is 1.58. The van der Waals surface area contributed by atoms with E-state index in [9.17, 15) is 0 Å². The summed E-state index contributed by atoms with van der Waals surface area (Å²) in [6.07, 6.45) is 0.903. The summed E-state index contributed by atoms with van der Waals surface area (Å²) in [4.78, 5) is 4.69. The summed E-state index contributed by atoms with van der Waals surface area (Å²) < 4.78 is 4.51. The van der Waals surface area contributed by atoms with Crippen molar-refractivity contribution in [1.29, 1.82) is 5.26 Å². The fourth-order valence-electron chi connectivity index (χ4n) is 2.77. The van der Waals surface area contributed by atoms with Crippen LogP contribution in [0.3, 0.4) is 0 Å². The lowest BCUT2D eigenvalue weighted by Gasteiger charge is -2.37. The maximum Gasteiger partial charge on any atom is 0.120 e. The van der Waals surface area contributed by atoms with Crippen LogP contribution in [0.25, 0.3) is 10.9 Å². The highest BCUT2D eigenvalue weighted by Gasteiger charge is 2.24. The SMILES string of the molecule is CCC(C#N)N1CCN(c2snc3ccccc23)CC1. The van der Waals surface area contributed by atoms with Crippen LogP contribution >= 0.6 is 11.5 Å². The molecule has 0 N–H and O–H groups in total. The van der Waals surface area contributed by atoms with E-state index in [0.717, 1.165) is 38.1 Å². The van der Waals surface area contributed by atoms with Crippen molar-refractivity contribution in [1.82, 2.24) is 9.27 Å². The normalized spacial score (nSPS) is 18.1. The van der Waals surface area contributed by atoms with Gasteiger partial charge >= 0.3 is 0 Å². The van der Waals surface area contributed by atoms with Gasteiger partial charge in [0, 0.05) is 31.6 Å². The molecule has 1 aliphatic rings. The average molecular weight is 286 g/mol. The van der Waals surface area contributed by atoms with Crippen LogP contribution in [0.4, 0.5) is 5.00 Å². The minimum Gasteiger partial charge on any atom is -0.359 e. The third-order valence-electron chi connectivity index (χ3n) is 3.94. The van der Waals surface area contributed by atoms with Gasteiger partial charge in [-0.25, -0.2) is 0 Å². The Kier molecular flexibility index (Phi) is 3.86. The predicted octanol–water partition coefficient (Wildman–Crippen LogP) is 2.72. The summed E-state index contributed by atoms with van der Waals surface area (Å²) in [5.74, 6) is 0. The van der Waals surface area contributed by atoms with Crippen LogP contribution in [0.15, 0.2) is 24.3 Å². The molecule has 0 radical (unpaired) electrons. The quantitative estimate of drug-likeness (QED) is 0.870. The Bertz CT molecular complexity index is 622. The van der Waals surface area contributed by atoms with Crippen LogP contribution in [0.5, 0.6) is 0 Å². The molecule has 1 aromatic heterocycles. The van der Waals surface area contributed by atoms with Gasteiger partial charge in [0.2, 0.25) is 0 Å². The van der Waals surface area contributed by atoms with Crippen LogP contribution < -0.4 is 4.90 Å². The Morgan fingerprint density at radius 3 is 2.75 bits per heavy atom. The number of nitrogens with zero attached hydrogens (tertiary/aromatic N) is 4. The van der Waals surface area contributed by atoms with E-state index in [1.165, 1.54) is 10.4 Å². The Balaban J connectivity index is 1.74. The molecule has 4 nitrogen and oxygen atoms in total. The topological polar surface area (TPSA) is 43.2 Å². The Morgan fingerprint density at radius 2 is 2.05 bits per heavy atom. The van der Waals surface area contributed by atoms with Crippen LogP contribution in [0.2, 0.25) is 0 Å². The van der Waals surface area contributed by atoms with Gasteiger partial charge in [0.15, 0.2) is 0 Å². The van der Waals surface area contributed by atoms with Crippen molar-refractivity contribution in [2.45, 2.75) is 19.4 Å². The van der Waals surface area contributed by atoms with Crippen molar-refractivity contribution >= 4 is 27.4 Å². The highest BCUT2D eigenvalue weighted by Crippen LogP contribution is 2.31.